The lowest BCUT2D eigenvalue weighted by molar-refractivity contribution is 0.0776. The second kappa shape index (κ2) is 11.7. The topological polar surface area (TPSA) is 54.9 Å². The first-order chi connectivity index (χ1) is 11.1. The van der Waals surface area contributed by atoms with Crippen LogP contribution >= 0.6 is 0 Å². The van der Waals surface area contributed by atoms with Crippen LogP contribution in [0.2, 0.25) is 0 Å². The smallest absolute Gasteiger partial charge is 0.191 e. The fraction of sp³-hybridized carbons (Fsp3) is 0.944. The van der Waals surface area contributed by atoms with Crippen LogP contribution in [0.15, 0.2) is 4.99 Å². The third kappa shape index (κ3) is 8.56. The molecule has 1 aliphatic rings. The van der Waals surface area contributed by atoms with E-state index < -0.39 is 0 Å². The van der Waals surface area contributed by atoms with Crippen LogP contribution < -0.4 is 10.6 Å². The molecule has 1 fully saturated rings. The first-order valence-corrected chi connectivity index (χ1v) is 9.24. The minimum atomic E-state index is 0.305. The van der Waals surface area contributed by atoms with Crippen molar-refractivity contribution in [3.05, 3.63) is 0 Å². The van der Waals surface area contributed by atoms with Crippen molar-refractivity contribution in [1.29, 1.82) is 0 Å². The van der Waals surface area contributed by atoms with E-state index in [1.807, 2.05) is 0 Å². The van der Waals surface area contributed by atoms with E-state index in [4.69, 9.17) is 14.5 Å². The molecule has 0 saturated heterocycles. The highest BCUT2D eigenvalue weighted by molar-refractivity contribution is 5.79. The van der Waals surface area contributed by atoms with Crippen LogP contribution in [0.25, 0.3) is 0 Å². The van der Waals surface area contributed by atoms with Gasteiger partial charge in [-0.05, 0) is 51.9 Å². The Bertz CT molecular complexity index is 326. The van der Waals surface area contributed by atoms with Gasteiger partial charge in [0.05, 0.1) is 6.10 Å². The van der Waals surface area contributed by atoms with Crippen molar-refractivity contribution in [2.45, 2.75) is 65.4 Å². The van der Waals surface area contributed by atoms with Crippen LogP contribution in [0.5, 0.6) is 0 Å². The van der Waals surface area contributed by atoms with Crippen molar-refractivity contribution in [3.8, 4) is 0 Å². The van der Waals surface area contributed by atoms with E-state index in [0.29, 0.717) is 11.5 Å². The summed E-state index contributed by atoms with van der Waals surface area (Å²) in [5.41, 5.74) is 0.346. The Morgan fingerprint density at radius 1 is 1.17 bits per heavy atom. The standard InChI is InChI=1S/C18H37N3O2/c1-5-19-17(20-12-8-13-23-16(2)3)21-15-18(11-14-22-4)9-6-7-10-18/h16H,5-15H2,1-4H3,(H2,19,20,21). The Balaban J connectivity index is 2.42. The van der Waals surface area contributed by atoms with Crippen molar-refractivity contribution in [2.75, 3.05) is 40.0 Å². The fourth-order valence-electron chi connectivity index (χ4n) is 3.12. The van der Waals surface area contributed by atoms with E-state index in [1.165, 1.54) is 25.7 Å². The molecular formula is C18H37N3O2. The molecule has 136 valence electrons. The summed E-state index contributed by atoms with van der Waals surface area (Å²) in [6.45, 7) is 10.6. The maximum atomic E-state index is 5.57. The third-order valence-electron chi connectivity index (χ3n) is 4.48. The van der Waals surface area contributed by atoms with Gasteiger partial charge >= 0.3 is 0 Å². The molecule has 0 atom stereocenters. The van der Waals surface area contributed by atoms with Crippen LogP contribution in [0.4, 0.5) is 0 Å². The van der Waals surface area contributed by atoms with Gasteiger partial charge in [0.25, 0.3) is 0 Å². The molecule has 0 spiro atoms. The molecule has 2 N–H and O–H groups in total. The lowest BCUT2D eigenvalue weighted by atomic mass is 9.83. The van der Waals surface area contributed by atoms with Gasteiger partial charge in [0, 0.05) is 40.0 Å². The number of methoxy groups -OCH3 is 1. The van der Waals surface area contributed by atoms with Crippen LogP contribution in [0.3, 0.4) is 0 Å². The summed E-state index contributed by atoms with van der Waals surface area (Å²) in [6, 6.07) is 0. The number of rotatable bonds is 11. The van der Waals surface area contributed by atoms with Crippen molar-refractivity contribution < 1.29 is 9.47 Å². The SMILES string of the molecule is CCNC(=NCC1(CCOC)CCCC1)NCCCOC(C)C. The Hall–Kier alpha value is -0.810. The minimum absolute atomic E-state index is 0.305. The number of nitrogens with one attached hydrogen (secondary N) is 2. The zero-order valence-corrected chi connectivity index (χ0v) is 15.6. The van der Waals surface area contributed by atoms with Gasteiger partial charge in [0.2, 0.25) is 0 Å². The molecule has 0 unspecified atom stereocenters. The highest BCUT2D eigenvalue weighted by Crippen LogP contribution is 2.41. The van der Waals surface area contributed by atoms with Crippen molar-refractivity contribution >= 4 is 5.96 Å². The quantitative estimate of drug-likeness (QED) is 0.348. The van der Waals surface area contributed by atoms with Gasteiger partial charge in [-0.1, -0.05) is 12.8 Å². The number of guanidine groups is 1. The van der Waals surface area contributed by atoms with Crippen LogP contribution in [-0.4, -0.2) is 52.0 Å². The van der Waals surface area contributed by atoms with E-state index >= 15 is 0 Å². The summed E-state index contributed by atoms with van der Waals surface area (Å²) < 4.78 is 10.9. The number of aliphatic imine (C=N–C) groups is 1. The average molecular weight is 328 g/mol. The van der Waals surface area contributed by atoms with E-state index in [-0.39, 0.29) is 0 Å². The molecule has 0 aromatic heterocycles. The number of hydrogen-bond donors (Lipinski definition) is 2. The molecule has 1 aliphatic carbocycles. The second-order valence-corrected chi connectivity index (χ2v) is 6.84. The van der Waals surface area contributed by atoms with Gasteiger partial charge < -0.3 is 20.1 Å². The van der Waals surface area contributed by atoms with Crippen LogP contribution in [0.1, 0.15) is 59.3 Å². The molecule has 0 aromatic carbocycles. The highest BCUT2D eigenvalue weighted by atomic mass is 16.5. The van der Waals surface area contributed by atoms with Crippen molar-refractivity contribution in [3.63, 3.8) is 0 Å². The molecule has 0 radical (unpaired) electrons. The van der Waals surface area contributed by atoms with Crippen molar-refractivity contribution in [2.24, 2.45) is 10.4 Å². The molecule has 5 nitrogen and oxygen atoms in total. The maximum Gasteiger partial charge on any atom is 0.191 e. The molecule has 0 bridgehead atoms. The molecule has 0 aliphatic heterocycles. The van der Waals surface area contributed by atoms with Crippen LogP contribution in [0, 0.1) is 5.41 Å². The maximum absolute atomic E-state index is 5.57. The Morgan fingerprint density at radius 3 is 2.52 bits per heavy atom. The minimum Gasteiger partial charge on any atom is -0.385 e. The molecule has 0 amide bonds. The number of hydrogen-bond acceptors (Lipinski definition) is 3. The lowest BCUT2D eigenvalue weighted by Crippen LogP contribution is -2.39. The Labute approximate surface area is 142 Å². The van der Waals surface area contributed by atoms with Gasteiger partial charge in [0.15, 0.2) is 5.96 Å². The second-order valence-electron chi connectivity index (χ2n) is 6.84. The molecular weight excluding hydrogens is 290 g/mol. The summed E-state index contributed by atoms with van der Waals surface area (Å²) >= 11 is 0. The molecule has 5 heteroatoms. The molecule has 0 aromatic rings. The van der Waals surface area contributed by atoms with Gasteiger partial charge in [-0.3, -0.25) is 4.99 Å². The normalized spacial score (nSPS) is 17.7. The third-order valence-corrected chi connectivity index (χ3v) is 4.48. The average Bonchev–Trinajstić information content (AvgIpc) is 2.99. The Kier molecular flexibility index (Phi) is 10.3. The predicted octanol–water partition coefficient (Wildman–Crippen LogP) is 2.95. The van der Waals surface area contributed by atoms with Gasteiger partial charge in [-0.2, -0.15) is 0 Å². The molecule has 1 saturated carbocycles. The van der Waals surface area contributed by atoms with Crippen LogP contribution in [-0.2, 0) is 9.47 Å². The summed E-state index contributed by atoms with van der Waals surface area (Å²) in [7, 11) is 1.79. The monoisotopic (exact) mass is 327 g/mol. The van der Waals surface area contributed by atoms with E-state index in [2.05, 4.69) is 31.4 Å². The molecule has 1 rings (SSSR count). The van der Waals surface area contributed by atoms with Gasteiger partial charge in [0.1, 0.15) is 0 Å². The molecule has 23 heavy (non-hydrogen) atoms. The lowest BCUT2D eigenvalue weighted by Gasteiger charge is -2.27. The van der Waals surface area contributed by atoms with E-state index in [1.54, 1.807) is 7.11 Å². The van der Waals surface area contributed by atoms with E-state index in [0.717, 1.165) is 51.6 Å². The first kappa shape index (κ1) is 20.2. The summed E-state index contributed by atoms with van der Waals surface area (Å²) in [5, 5.41) is 6.77. The fourth-order valence-corrected chi connectivity index (χ4v) is 3.12. The highest BCUT2D eigenvalue weighted by Gasteiger charge is 2.33. The zero-order valence-electron chi connectivity index (χ0n) is 15.6. The van der Waals surface area contributed by atoms with Gasteiger partial charge in [-0.15, -0.1) is 0 Å². The first-order valence-electron chi connectivity index (χ1n) is 9.24. The van der Waals surface area contributed by atoms with E-state index in [9.17, 15) is 0 Å². The Morgan fingerprint density at radius 2 is 1.91 bits per heavy atom. The largest absolute Gasteiger partial charge is 0.385 e. The zero-order chi connectivity index (χ0) is 17.0. The summed E-state index contributed by atoms with van der Waals surface area (Å²) in [6.07, 6.45) is 7.64. The summed E-state index contributed by atoms with van der Waals surface area (Å²) in [5.74, 6) is 0.931. The number of ether oxygens (including phenoxy) is 2. The predicted molar refractivity (Wildman–Crippen MR) is 97.1 cm³/mol. The number of nitrogens with zero attached hydrogens (tertiary/aromatic N) is 1. The summed E-state index contributed by atoms with van der Waals surface area (Å²) in [4.78, 5) is 4.85. The van der Waals surface area contributed by atoms with Gasteiger partial charge in [-0.25, -0.2) is 0 Å². The van der Waals surface area contributed by atoms with Crippen molar-refractivity contribution in [1.82, 2.24) is 10.6 Å². The molecule has 0 heterocycles.